The van der Waals surface area contributed by atoms with Crippen LogP contribution in [-0.4, -0.2) is 96.0 Å². The van der Waals surface area contributed by atoms with Crippen molar-refractivity contribution in [2.24, 2.45) is 0 Å². The number of hydrogen-bond donors (Lipinski definition) is 4. The molecule has 0 spiro atoms. The fraction of sp³-hybridized carbons (Fsp3) is 0.909. The maximum absolute atomic E-state index is 12.8. The Kier molecular flexibility index (Phi) is 33.0. The normalized spacial score (nSPS) is 20.6. The molecule has 0 radical (unpaired) electrons. The SMILES string of the molecule is CCCCCCCCCCC/C=C/CCCCC(=O)OC[C@H](CO[C@H]1O[C@H](CS(=O)(=O)O)[C@@H](O)C(O)C1O)OC(=O)CCCCCCCCCCCCCCCC. The molecule has 1 saturated heterocycles. The predicted molar refractivity (Wildman–Crippen MR) is 224 cm³/mol. The van der Waals surface area contributed by atoms with Crippen LogP contribution in [0.25, 0.3) is 0 Å². The van der Waals surface area contributed by atoms with Gasteiger partial charge in [0.2, 0.25) is 0 Å². The van der Waals surface area contributed by atoms with E-state index in [4.69, 9.17) is 18.9 Å². The Morgan fingerprint density at radius 3 is 1.49 bits per heavy atom. The summed E-state index contributed by atoms with van der Waals surface area (Å²) in [6.07, 6.45) is 26.9. The third-order valence-electron chi connectivity index (χ3n) is 10.6. The first-order chi connectivity index (χ1) is 27.5. The highest BCUT2D eigenvalue weighted by Gasteiger charge is 2.46. The van der Waals surface area contributed by atoms with Gasteiger partial charge in [0.1, 0.15) is 36.8 Å². The summed E-state index contributed by atoms with van der Waals surface area (Å²) < 4.78 is 54.0. The van der Waals surface area contributed by atoms with E-state index in [0.717, 1.165) is 38.5 Å². The molecule has 0 amide bonds. The molecule has 0 saturated carbocycles. The van der Waals surface area contributed by atoms with Crippen molar-refractivity contribution >= 4 is 22.1 Å². The van der Waals surface area contributed by atoms with Gasteiger partial charge in [0, 0.05) is 12.8 Å². The molecule has 0 bridgehead atoms. The largest absolute Gasteiger partial charge is 0.462 e. The molecular weight excluding hydrogens is 753 g/mol. The van der Waals surface area contributed by atoms with Crippen LogP contribution < -0.4 is 0 Å². The molecule has 6 atom stereocenters. The van der Waals surface area contributed by atoms with Crippen LogP contribution in [0.1, 0.15) is 200 Å². The second-order valence-corrected chi connectivity index (χ2v) is 17.6. The molecule has 1 aliphatic heterocycles. The van der Waals surface area contributed by atoms with Crippen molar-refractivity contribution in [1.29, 1.82) is 0 Å². The van der Waals surface area contributed by atoms with Gasteiger partial charge in [-0.05, 0) is 38.5 Å². The number of esters is 2. The van der Waals surface area contributed by atoms with Crippen molar-refractivity contribution in [1.82, 2.24) is 0 Å². The van der Waals surface area contributed by atoms with E-state index in [-0.39, 0.29) is 19.4 Å². The lowest BCUT2D eigenvalue weighted by atomic mass is 10.00. The lowest BCUT2D eigenvalue weighted by Crippen LogP contribution is -2.60. The van der Waals surface area contributed by atoms with Crippen LogP contribution in [0.5, 0.6) is 0 Å². The van der Waals surface area contributed by atoms with E-state index in [1.165, 1.54) is 122 Å². The smallest absolute Gasteiger partial charge is 0.306 e. The minimum atomic E-state index is -4.60. The molecule has 0 aromatic carbocycles. The highest BCUT2D eigenvalue weighted by atomic mass is 32.2. The van der Waals surface area contributed by atoms with Gasteiger partial charge in [-0.25, -0.2) is 0 Å². The molecule has 0 aliphatic carbocycles. The lowest BCUT2D eigenvalue weighted by molar-refractivity contribution is -0.297. The summed E-state index contributed by atoms with van der Waals surface area (Å²) in [5, 5.41) is 30.9. The molecule has 1 heterocycles. The van der Waals surface area contributed by atoms with Crippen LogP contribution in [0.2, 0.25) is 0 Å². The summed E-state index contributed by atoms with van der Waals surface area (Å²) >= 11 is 0. The average molecular weight is 835 g/mol. The zero-order chi connectivity index (χ0) is 42.0. The monoisotopic (exact) mass is 835 g/mol. The zero-order valence-electron chi connectivity index (χ0n) is 35.7. The van der Waals surface area contributed by atoms with Gasteiger partial charge >= 0.3 is 11.9 Å². The Bertz CT molecular complexity index is 1120. The third kappa shape index (κ3) is 30.1. The number of carbonyl (C=O) groups excluding carboxylic acids is 2. The summed E-state index contributed by atoms with van der Waals surface area (Å²) in [6, 6.07) is 0. The van der Waals surface area contributed by atoms with Gasteiger partial charge < -0.3 is 34.3 Å². The Morgan fingerprint density at radius 1 is 0.579 bits per heavy atom. The van der Waals surface area contributed by atoms with E-state index in [9.17, 15) is 37.9 Å². The minimum Gasteiger partial charge on any atom is -0.462 e. The van der Waals surface area contributed by atoms with Gasteiger partial charge in [0.25, 0.3) is 10.1 Å². The quantitative estimate of drug-likeness (QED) is 0.0200. The number of rotatable bonds is 38. The topological polar surface area (TPSA) is 186 Å². The number of aliphatic hydroxyl groups excluding tert-OH is 3. The first-order valence-corrected chi connectivity index (χ1v) is 24.4. The molecule has 1 fully saturated rings. The summed E-state index contributed by atoms with van der Waals surface area (Å²) in [7, 11) is -4.60. The molecule has 13 heteroatoms. The zero-order valence-corrected chi connectivity index (χ0v) is 36.5. The van der Waals surface area contributed by atoms with Crippen LogP contribution in [0.3, 0.4) is 0 Å². The van der Waals surface area contributed by atoms with E-state index in [1.807, 2.05) is 0 Å². The maximum atomic E-state index is 12.8. The van der Waals surface area contributed by atoms with Crippen molar-refractivity contribution in [3.63, 3.8) is 0 Å². The van der Waals surface area contributed by atoms with E-state index < -0.39 is 71.2 Å². The van der Waals surface area contributed by atoms with Crippen molar-refractivity contribution in [2.75, 3.05) is 19.0 Å². The second kappa shape index (κ2) is 35.2. The van der Waals surface area contributed by atoms with Gasteiger partial charge in [-0.2, -0.15) is 8.42 Å². The minimum absolute atomic E-state index is 0.166. The van der Waals surface area contributed by atoms with E-state index in [1.54, 1.807) is 0 Å². The molecule has 0 aromatic heterocycles. The molecule has 0 aromatic rings. The highest BCUT2D eigenvalue weighted by molar-refractivity contribution is 7.85. The van der Waals surface area contributed by atoms with Gasteiger partial charge in [0.15, 0.2) is 12.4 Å². The van der Waals surface area contributed by atoms with Crippen LogP contribution in [0.15, 0.2) is 12.2 Å². The van der Waals surface area contributed by atoms with Gasteiger partial charge in [-0.15, -0.1) is 0 Å². The Hall–Kier alpha value is -1.61. The van der Waals surface area contributed by atoms with Crippen LogP contribution in [-0.2, 0) is 38.7 Å². The van der Waals surface area contributed by atoms with E-state index >= 15 is 0 Å². The molecule has 4 N–H and O–H groups in total. The summed E-state index contributed by atoms with van der Waals surface area (Å²) in [6.45, 7) is 3.75. The first kappa shape index (κ1) is 53.4. The Morgan fingerprint density at radius 2 is 1.00 bits per heavy atom. The fourth-order valence-electron chi connectivity index (χ4n) is 7.02. The Labute approximate surface area is 346 Å². The van der Waals surface area contributed by atoms with Crippen molar-refractivity contribution in [2.45, 2.75) is 237 Å². The number of carbonyl (C=O) groups is 2. The van der Waals surface area contributed by atoms with Crippen LogP contribution in [0.4, 0.5) is 0 Å². The van der Waals surface area contributed by atoms with Crippen molar-refractivity contribution < 1.29 is 56.8 Å². The summed E-state index contributed by atoms with van der Waals surface area (Å²) in [5.74, 6) is -2.00. The van der Waals surface area contributed by atoms with Crippen LogP contribution >= 0.6 is 0 Å². The number of ether oxygens (including phenoxy) is 4. The molecule has 1 rings (SSSR count). The third-order valence-corrected chi connectivity index (χ3v) is 11.3. The van der Waals surface area contributed by atoms with Crippen LogP contribution in [0, 0.1) is 0 Å². The first-order valence-electron chi connectivity index (χ1n) is 22.7. The molecule has 1 aliphatic rings. The number of hydrogen-bond acceptors (Lipinski definition) is 11. The molecule has 2 unspecified atom stereocenters. The molecule has 336 valence electrons. The maximum Gasteiger partial charge on any atom is 0.306 e. The molecular formula is C44H82O12S. The second-order valence-electron chi connectivity index (χ2n) is 16.1. The summed E-state index contributed by atoms with van der Waals surface area (Å²) in [5.41, 5.74) is 0. The Balaban J connectivity index is 2.45. The van der Waals surface area contributed by atoms with Gasteiger partial charge in [-0.1, -0.05) is 161 Å². The average Bonchev–Trinajstić information content (AvgIpc) is 3.17. The number of aliphatic hydroxyl groups is 3. The van der Waals surface area contributed by atoms with Crippen molar-refractivity contribution in [3.05, 3.63) is 12.2 Å². The van der Waals surface area contributed by atoms with Crippen molar-refractivity contribution in [3.8, 4) is 0 Å². The highest BCUT2D eigenvalue weighted by Crippen LogP contribution is 2.24. The lowest BCUT2D eigenvalue weighted by Gasteiger charge is -2.40. The standard InChI is InChI=1S/C44H82O12S/c1-3-5-7-9-11-13-15-17-19-21-22-24-26-28-30-32-39(45)53-34-37(35-54-44-43(49)42(48)41(47)38(56-44)36-57(50,51)52)55-40(46)33-31-29-27-25-23-20-18-16-14-12-10-8-6-4-2/h22,24,37-38,41-44,47-49H,3-21,23,25-36H2,1-2H3,(H,50,51,52)/b24-22+/t37-,38-,41-,42?,43?,44+/m1/s1. The summed E-state index contributed by atoms with van der Waals surface area (Å²) in [4.78, 5) is 25.4. The number of unbranched alkanes of at least 4 members (excludes halogenated alkanes) is 24. The predicted octanol–water partition coefficient (Wildman–Crippen LogP) is 9.06. The van der Waals surface area contributed by atoms with E-state index in [2.05, 4.69) is 26.0 Å². The van der Waals surface area contributed by atoms with Gasteiger partial charge in [-0.3, -0.25) is 14.1 Å². The number of allylic oxidation sites excluding steroid dienone is 2. The van der Waals surface area contributed by atoms with E-state index in [0.29, 0.717) is 12.8 Å². The molecule has 12 nitrogen and oxygen atoms in total. The fourth-order valence-corrected chi connectivity index (χ4v) is 7.72. The van der Waals surface area contributed by atoms with Gasteiger partial charge in [0.05, 0.1) is 6.61 Å². The molecule has 57 heavy (non-hydrogen) atoms.